The minimum atomic E-state index is -0.467. The largest absolute Gasteiger partial charge is 0.490 e. The lowest BCUT2D eigenvalue weighted by atomic mass is 10.1. The molecule has 1 amide bonds. The quantitative estimate of drug-likeness (QED) is 0.794. The number of fused-ring (bicyclic) bond motifs is 1. The number of aryl methyl sites for hydroxylation is 1. The van der Waals surface area contributed by atoms with Gasteiger partial charge in [0, 0.05) is 23.9 Å². The minimum Gasteiger partial charge on any atom is -0.490 e. The highest BCUT2D eigenvalue weighted by molar-refractivity contribution is 7.10. The highest BCUT2D eigenvalue weighted by Crippen LogP contribution is 2.35. The van der Waals surface area contributed by atoms with Gasteiger partial charge in [-0.3, -0.25) is 0 Å². The molecule has 4 nitrogen and oxygen atoms in total. The van der Waals surface area contributed by atoms with Gasteiger partial charge in [0.15, 0.2) is 0 Å². The van der Waals surface area contributed by atoms with Crippen molar-refractivity contribution in [2.24, 2.45) is 0 Å². The summed E-state index contributed by atoms with van der Waals surface area (Å²) in [7, 11) is 1.77. The summed E-state index contributed by atoms with van der Waals surface area (Å²) in [4.78, 5) is 14.9. The second-order valence-electron chi connectivity index (χ2n) is 5.93. The average Bonchev–Trinajstić information content (AvgIpc) is 2.67. The summed E-state index contributed by atoms with van der Waals surface area (Å²) < 4.78 is 11.1. The van der Waals surface area contributed by atoms with E-state index >= 15 is 0 Å². The van der Waals surface area contributed by atoms with E-state index in [1.54, 1.807) is 23.3 Å². The number of carbonyl (C=O) groups excluding carboxylic acids is 1. The van der Waals surface area contributed by atoms with E-state index in [4.69, 9.17) is 9.47 Å². The van der Waals surface area contributed by atoms with Crippen LogP contribution in [-0.2, 0) is 11.2 Å². The van der Waals surface area contributed by atoms with Gasteiger partial charge in [-0.1, -0.05) is 0 Å². The predicted octanol–water partition coefficient (Wildman–Crippen LogP) is 3.23. The Morgan fingerprint density at radius 2 is 2.21 bits per heavy atom. The second-order valence-corrected chi connectivity index (χ2v) is 6.90. The molecule has 1 unspecified atom stereocenters. The maximum Gasteiger partial charge on any atom is 0.410 e. The molecule has 1 aromatic rings. The molecule has 0 aliphatic carbocycles. The van der Waals surface area contributed by atoms with Crippen LogP contribution in [0.4, 0.5) is 4.79 Å². The molecule has 0 bridgehead atoms. The molecule has 0 N–H and O–H groups in total. The van der Waals surface area contributed by atoms with Crippen LogP contribution in [0.2, 0.25) is 0 Å². The summed E-state index contributed by atoms with van der Waals surface area (Å²) >= 11 is 1.69. The third kappa shape index (κ3) is 3.21. The Bertz CT molecular complexity index is 476. The summed E-state index contributed by atoms with van der Waals surface area (Å²) in [5.74, 6) is 0.999. The van der Waals surface area contributed by atoms with Crippen LogP contribution in [0.15, 0.2) is 5.38 Å². The Hall–Kier alpha value is -1.23. The van der Waals surface area contributed by atoms with Crippen LogP contribution >= 0.6 is 11.3 Å². The third-order valence-electron chi connectivity index (χ3n) is 3.06. The van der Waals surface area contributed by atoms with E-state index in [0.717, 1.165) is 12.2 Å². The number of carbonyl (C=O) groups is 1. The third-order valence-corrected chi connectivity index (χ3v) is 4.17. The van der Waals surface area contributed by atoms with Crippen molar-refractivity contribution in [2.45, 2.75) is 45.8 Å². The van der Waals surface area contributed by atoms with Gasteiger partial charge in [0.25, 0.3) is 0 Å². The van der Waals surface area contributed by atoms with Crippen molar-refractivity contribution < 1.29 is 14.3 Å². The van der Waals surface area contributed by atoms with E-state index < -0.39 is 5.60 Å². The first-order valence-electron chi connectivity index (χ1n) is 6.43. The topological polar surface area (TPSA) is 38.8 Å². The van der Waals surface area contributed by atoms with Gasteiger partial charge in [-0.15, -0.1) is 11.3 Å². The van der Waals surface area contributed by atoms with Crippen molar-refractivity contribution in [3.8, 4) is 5.75 Å². The van der Waals surface area contributed by atoms with E-state index in [0.29, 0.717) is 6.61 Å². The van der Waals surface area contributed by atoms with Gasteiger partial charge < -0.3 is 14.4 Å². The second kappa shape index (κ2) is 5.04. The Morgan fingerprint density at radius 3 is 2.84 bits per heavy atom. The molecule has 2 rings (SSSR count). The van der Waals surface area contributed by atoms with Crippen molar-refractivity contribution >= 4 is 17.4 Å². The maximum atomic E-state index is 12.0. The van der Waals surface area contributed by atoms with Crippen molar-refractivity contribution in [1.29, 1.82) is 0 Å². The molecular weight excluding hydrogens is 262 g/mol. The van der Waals surface area contributed by atoms with Crippen LogP contribution < -0.4 is 4.74 Å². The molecule has 0 aromatic carbocycles. The molecule has 19 heavy (non-hydrogen) atoms. The average molecular weight is 283 g/mol. The Labute approximate surface area is 118 Å². The van der Waals surface area contributed by atoms with Gasteiger partial charge in [-0.05, 0) is 33.1 Å². The summed E-state index contributed by atoms with van der Waals surface area (Å²) in [5, 5.41) is 2.10. The van der Waals surface area contributed by atoms with Gasteiger partial charge in [0.1, 0.15) is 18.0 Å². The smallest absolute Gasteiger partial charge is 0.410 e. The van der Waals surface area contributed by atoms with Crippen molar-refractivity contribution in [2.75, 3.05) is 13.7 Å². The summed E-state index contributed by atoms with van der Waals surface area (Å²) in [5.41, 5.74) is 0.712. The first kappa shape index (κ1) is 14.2. The minimum absolute atomic E-state index is 0.0420. The van der Waals surface area contributed by atoms with Crippen molar-refractivity contribution in [3.63, 3.8) is 0 Å². The normalized spacial score (nSPS) is 18.5. The molecule has 0 saturated carbocycles. The number of hydrogen-bond acceptors (Lipinski definition) is 4. The van der Waals surface area contributed by atoms with Gasteiger partial charge in [0.2, 0.25) is 0 Å². The molecule has 0 spiro atoms. The lowest BCUT2D eigenvalue weighted by Crippen LogP contribution is -2.45. The Morgan fingerprint density at radius 1 is 1.53 bits per heavy atom. The summed E-state index contributed by atoms with van der Waals surface area (Å²) in [6, 6.07) is 0.0420. The SMILES string of the molecule is Cc1csc2c1OCC(N(C)C(=O)OC(C)(C)C)C2. The molecule has 106 valence electrons. The van der Waals surface area contributed by atoms with E-state index in [1.807, 2.05) is 27.7 Å². The molecule has 1 aliphatic heterocycles. The summed E-state index contributed by atoms with van der Waals surface area (Å²) in [6.45, 7) is 8.19. The van der Waals surface area contributed by atoms with Gasteiger partial charge in [0.05, 0.1) is 6.04 Å². The lowest BCUT2D eigenvalue weighted by Gasteiger charge is -2.32. The standard InChI is InChI=1S/C14H21NO3S/c1-9-8-19-11-6-10(7-17-12(9)11)15(5)13(16)18-14(2,3)4/h8,10H,6-7H2,1-5H3. The highest BCUT2D eigenvalue weighted by Gasteiger charge is 2.30. The van der Waals surface area contributed by atoms with Crippen LogP contribution in [0.1, 0.15) is 31.2 Å². The molecule has 1 atom stereocenters. The fraction of sp³-hybridized carbons (Fsp3) is 0.643. The molecule has 2 heterocycles. The Balaban J connectivity index is 2.02. The molecule has 0 saturated heterocycles. The lowest BCUT2D eigenvalue weighted by molar-refractivity contribution is 0.0161. The fourth-order valence-corrected chi connectivity index (χ4v) is 3.05. The number of ether oxygens (including phenoxy) is 2. The zero-order valence-electron chi connectivity index (χ0n) is 12.1. The highest BCUT2D eigenvalue weighted by atomic mass is 32.1. The molecular formula is C14H21NO3S. The van der Waals surface area contributed by atoms with Gasteiger partial charge >= 0.3 is 6.09 Å². The summed E-state index contributed by atoms with van der Waals surface area (Å²) in [6.07, 6.45) is 0.543. The van der Waals surface area contributed by atoms with Crippen molar-refractivity contribution in [3.05, 3.63) is 15.8 Å². The number of nitrogens with zero attached hydrogens (tertiary/aromatic N) is 1. The van der Waals surface area contributed by atoms with Crippen LogP contribution in [-0.4, -0.2) is 36.3 Å². The number of amides is 1. The van der Waals surface area contributed by atoms with Crippen LogP contribution in [0, 0.1) is 6.92 Å². The fourth-order valence-electron chi connectivity index (χ4n) is 2.01. The first-order chi connectivity index (χ1) is 8.78. The predicted molar refractivity (Wildman–Crippen MR) is 76.0 cm³/mol. The van der Waals surface area contributed by atoms with E-state index in [9.17, 15) is 4.79 Å². The molecule has 0 radical (unpaired) electrons. The molecule has 1 aliphatic rings. The van der Waals surface area contributed by atoms with E-state index in [-0.39, 0.29) is 12.1 Å². The monoisotopic (exact) mass is 283 g/mol. The molecule has 0 fully saturated rings. The van der Waals surface area contributed by atoms with Crippen molar-refractivity contribution in [1.82, 2.24) is 4.90 Å². The van der Waals surface area contributed by atoms with E-state index in [1.165, 1.54) is 10.4 Å². The number of thiophene rings is 1. The number of likely N-dealkylation sites (N-methyl/N-ethyl adjacent to an activating group) is 1. The first-order valence-corrected chi connectivity index (χ1v) is 7.31. The number of hydrogen-bond donors (Lipinski definition) is 0. The van der Waals surface area contributed by atoms with Crippen LogP contribution in [0.25, 0.3) is 0 Å². The van der Waals surface area contributed by atoms with E-state index in [2.05, 4.69) is 5.38 Å². The van der Waals surface area contributed by atoms with Crippen LogP contribution in [0.3, 0.4) is 0 Å². The maximum absolute atomic E-state index is 12.0. The Kier molecular flexibility index (Phi) is 3.76. The van der Waals surface area contributed by atoms with Gasteiger partial charge in [-0.25, -0.2) is 4.79 Å². The zero-order chi connectivity index (χ0) is 14.2. The van der Waals surface area contributed by atoms with Crippen LogP contribution in [0.5, 0.6) is 5.75 Å². The molecule has 5 heteroatoms. The number of rotatable bonds is 1. The zero-order valence-corrected chi connectivity index (χ0v) is 13.0. The molecule has 1 aromatic heterocycles. The van der Waals surface area contributed by atoms with Gasteiger partial charge in [-0.2, -0.15) is 0 Å².